The normalized spacial score (nSPS) is 15.0. The number of carbonyl (C=O) groups is 2. The molecule has 1 N–H and O–H groups in total. The first kappa shape index (κ1) is 21.1. The van der Waals surface area contributed by atoms with Gasteiger partial charge in [0, 0.05) is 12.5 Å². The van der Waals surface area contributed by atoms with Crippen molar-refractivity contribution < 1.29 is 19.1 Å². The van der Waals surface area contributed by atoms with Crippen LogP contribution in [0.5, 0.6) is 5.75 Å². The second-order valence-electron chi connectivity index (χ2n) is 7.08. The van der Waals surface area contributed by atoms with Gasteiger partial charge in [0.05, 0.1) is 30.5 Å². The number of hydrogen-bond donors (Lipinski definition) is 1. The molecule has 6 nitrogen and oxygen atoms in total. The van der Waals surface area contributed by atoms with Crippen LogP contribution >= 0.6 is 11.6 Å². The summed E-state index contributed by atoms with van der Waals surface area (Å²) in [4.78, 5) is 26.7. The van der Waals surface area contributed by atoms with Crippen LogP contribution in [0.1, 0.15) is 28.8 Å². The van der Waals surface area contributed by atoms with Gasteiger partial charge in [-0.2, -0.15) is 0 Å². The largest absolute Gasteiger partial charge is 0.497 e. The van der Waals surface area contributed by atoms with Crippen molar-refractivity contribution in [3.63, 3.8) is 0 Å². The topological polar surface area (TPSA) is 67.9 Å². The zero-order valence-electron chi connectivity index (χ0n) is 16.6. The molecular weight excluding hydrogens is 392 g/mol. The Morgan fingerprint density at radius 3 is 2.59 bits per heavy atom. The molecule has 1 saturated heterocycles. The number of likely N-dealkylation sites (tertiary alicyclic amines) is 1. The quantitative estimate of drug-likeness (QED) is 0.721. The van der Waals surface area contributed by atoms with E-state index in [-0.39, 0.29) is 11.8 Å². The van der Waals surface area contributed by atoms with Crippen molar-refractivity contribution in [1.29, 1.82) is 0 Å². The van der Waals surface area contributed by atoms with Crippen LogP contribution in [0.2, 0.25) is 5.02 Å². The number of piperidine rings is 1. The van der Waals surface area contributed by atoms with Gasteiger partial charge >= 0.3 is 5.97 Å². The third-order valence-electron chi connectivity index (χ3n) is 5.14. The third-order valence-corrected chi connectivity index (χ3v) is 5.47. The van der Waals surface area contributed by atoms with E-state index < -0.39 is 5.97 Å². The molecule has 7 heteroatoms. The number of anilines is 1. The molecule has 1 aliphatic rings. The molecule has 1 aliphatic heterocycles. The predicted molar refractivity (Wildman–Crippen MR) is 112 cm³/mol. The van der Waals surface area contributed by atoms with E-state index >= 15 is 0 Å². The maximum absolute atomic E-state index is 12.7. The van der Waals surface area contributed by atoms with Crippen LogP contribution in [0.4, 0.5) is 5.69 Å². The van der Waals surface area contributed by atoms with Crippen molar-refractivity contribution in [1.82, 2.24) is 4.90 Å². The molecule has 2 aromatic rings. The molecule has 2 aromatic carbocycles. The van der Waals surface area contributed by atoms with Crippen LogP contribution in [-0.4, -0.2) is 44.1 Å². The number of carbonyl (C=O) groups excluding carboxylic acids is 2. The van der Waals surface area contributed by atoms with E-state index in [2.05, 4.69) is 16.3 Å². The number of halogens is 1. The van der Waals surface area contributed by atoms with Crippen molar-refractivity contribution in [2.45, 2.75) is 19.4 Å². The van der Waals surface area contributed by atoms with Gasteiger partial charge in [-0.3, -0.25) is 9.69 Å². The van der Waals surface area contributed by atoms with Crippen molar-refractivity contribution >= 4 is 29.2 Å². The number of nitrogens with one attached hydrogen (secondary N) is 1. The average molecular weight is 417 g/mol. The summed E-state index contributed by atoms with van der Waals surface area (Å²) in [5.41, 5.74) is 1.97. The fourth-order valence-corrected chi connectivity index (χ4v) is 3.65. The third kappa shape index (κ3) is 5.49. The highest BCUT2D eigenvalue weighted by atomic mass is 35.5. The zero-order chi connectivity index (χ0) is 20.8. The molecule has 0 saturated carbocycles. The lowest BCUT2D eigenvalue weighted by Crippen LogP contribution is -2.37. The molecule has 0 aliphatic carbocycles. The first-order valence-electron chi connectivity index (χ1n) is 9.54. The Morgan fingerprint density at radius 1 is 1.14 bits per heavy atom. The van der Waals surface area contributed by atoms with Crippen LogP contribution in [0, 0.1) is 5.92 Å². The Bertz CT molecular complexity index is 879. The molecular formula is C22H25ClN2O4. The van der Waals surface area contributed by atoms with Crippen molar-refractivity contribution in [3.05, 3.63) is 58.6 Å². The lowest BCUT2D eigenvalue weighted by atomic mass is 9.95. The van der Waals surface area contributed by atoms with Gasteiger partial charge in [-0.05, 0) is 61.8 Å². The number of hydrogen-bond acceptors (Lipinski definition) is 5. The molecule has 1 amide bonds. The minimum absolute atomic E-state index is 0.0741. The molecule has 3 rings (SSSR count). The first-order valence-corrected chi connectivity index (χ1v) is 9.92. The summed E-state index contributed by atoms with van der Waals surface area (Å²) in [6, 6.07) is 12.7. The van der Waals surface area contributed by atoms with Gasteiger partial charge in [-0.15, -0.1) is 0 Å². The van der Waals surface area contributed by atoms with Gasteiger partial charge in [0.15, 0.2) is 0 Å². The molecule has 0 atom stereocenters. The Balaban J connectivity index is 1.55. The van der Waals surface area contributed by atoms with Gasteiger partial charge in [0.25, 0.3) is 0 Å². The van der Waals surface area contributed by atoms with Crippen molar-refractivity contribution in [3.8, 4) is 5.75 Å². The molecule has 1 fully saturated rings. The Kier molecular flexibility index (Phi) is 7.12. The summed E-state index contributed by atoms with van der Waals surface area (Å²) in [6.45, 7) is 2.51. The van der Waals surface area contributed by atoms with E-state index in [0.717, 1.165) is 38.2 Å². The SMILES string of the molecule is COC(=O)c1ccc(Cl)c(NC(=O)C2CCN(Cc3cccc(OC)c3)CC2)c1. The minimum Gasteiger partial charge on any atom is -0.497 e. The van der Waals surface area contributed by atoms with Gasteiger partial charge in [0.2, 0.25) is 5.91 Å². The first-order chi connectivity index (χ1) is 14.0. The summed E-state index contributed by atoms with van der Waals surface area (Å²) < 4.78 is 10.00. The second-order valence-corrected chi connectivity index (χ2v) is 7.48. The van der Waals surface area contributed by atoms with E-state index in [1.165, 1.54) is 12.7 Å². The maximum atomic E-state index is 12.7. The van der Waals surface area contributed by atoms with Crippen LogP contribution in [-0.2, 0) is 16.1 Å². The van der Waals surface area contributed by atoms with Gasteiger partial charge in [-0.1, -0.05) is 23.7 Å². The number of esters is 1. The molecule has 0 aromatic heterocycles. The Morgan fingerprint density at radius 2 is 1.90 bits per heavy atom. The highest BCUT2D eigenvalue weighted by molar-refractivity contribution is 6.33. The summed E-state index contributed by atoms with van der Waals surface area (Å²) in [7, 11) is 2.98. The van der Waals surface area contributed by atoms with Crippen LogP contribution in [0.15, 0.2) is 42.5 Å². The van der Waals surface area contributed by atoms with E-state index in [0.29, 0.717) is 16.3 Å². The lowest BCUT2D eigenvalue weighted by molar-refractivity contribution is -0.121. The van der Waals surface area contributed by atoms with Gasteiger partial charge in [0.1, 0.15) is 5.75 Å². The van der Waals surface area contributed by atoms with Crippen LogP contribution in [0.25, 0.3) is 0 Å². The number of benzene rings is 2. The fourth-order valence-electron chi connectivity index (χ4n) is 3.48. The summed E-state index contributed by atoms with van der Waals surface area (Å²) in [6.07, 6.45) is 1.54. The van der Waals surface area contributed by atoms with Crippen LogP contribution < -0.4 is 10.1 Å². The summed E-state index contributed by atoms with van der Waals surface area (Å²) in [5, 5.41) is 3.26. The summed E-state index contributed by atoms with van der Waals surface area (Å²) >= 11 is 6.18. The number of ether oxygens (including phenoxy) is 2. The monoisotopic (exact) mass is 416 g/mol. The number of nitrogens with zero attached hydrogens (tertiary/aromatic N) is 1. The van der Waals surface area contributed by atoms with E-state index in [4.69, 9.17) is 21.1 Å². The van der Waals surface area contributed by atoms with Crippen molar-refractivity contribution in [2.24, 2.45) is 5.92 Å². The Hall–Kier alpha value is -2.57. The maximum Gasteiger partial charge on any atom is 0.337 e. The molecule has 0 unspecified atom stereocenters. The number of amides is 1. The predicted octanol–water partition coefficient (Wildman–Crippen LogP) is 3.99. The zero-order valence-corrected chi connectivity index (χ0v) is 17.4. The smallest absolute Gasteiger partial charge is 0.337 e. The van der Waals surface area contributed by atoms with E-state index in [1.54, 1.807) is 25.3 Å². The molecule has 0 bridgehead atoms. The summed E-state index contributed by atoms with van der Waals surface area (Å²) in [5.74, 6) is 0.218. The molecule has 29 heavy (non-hydrogen) atoms. The van der Waals surface area contributed by atoms with Gasteiger partial charge < -0.3 is 14.8 Å². The standard InChI is InChI=1S/C22H25ClN2O4/c1-28-18-5-3-4-15(12-18)14-25-10-8-16(9-11-25)21(26)24-20-13-17(22(27)29-2)6-7-19(20)23/h3-7,12-13,16H,8-11,14H2,1-2H3,(H,24,26). The molecule has 0 spiro atoms. The highest BCUT2D eigenvalue weighted by Gasteiger charge is 2.25. The Labute approximate surface area is 175 Å². The molecule has 154 valence electrons. The van der Waals surface area contributed by atoms with Crippen LogP contribution in [0.3, 0.4) is 0 Å². The highest BCUT2D eigenvalue weighted by Crippen LogP contribution is 2.26. The van der Waals surface area contributed by atoms with Crippen molar-refractivity contribution in [2.75, 3.05) is 32.6 Å². The van der Waals surface area contributed by atoms with Gasteiger partial charge in [-0.25, -0.2) is 4.79 Å². The van der Waals surface area contributed by atoms with E-state index in [1.807, 2.05) is 18.2 Å². The fraction of sp³-hybridized carbons (Fsp3) is 0.364. The minimum atomic E-state index is -0.469. The van der Waals surface area contributed by atoms with E-state index in [9.17, 15) is 9.59 Å². The lowest BCUT2D eigenvalue weighted by Gasteiger charge is -2.31. The molecule has 0 radical (unpaired) electrons. The molecule has 1 heterocycles. The number of rotatable bonds is 6. The average Bonchev–Trinajstić information content (AvgIpc) is 2.75. The second kappa shape index (κ2) is 9.76. The number of methoxy groups -OCH3 is 2.